The number of anilines is 3. The molecule has 2 N–H and O–H groups in total. The van der Waals surface area contributed by atoms with Gasteiger partial charge in [0.1, 0.15) is 28.7 Å². The van der Waals surface area contributed by atoms with E-state index in [1.807, 2.05) is 0 Å². The lowest BCUT2D eigenvalue weighted by Gasteiger charge is -2.19. The van der Waals surface area contributed by atoms with Gasteiger partial charge in [-0.05, 0) is 57.5 Å². The largest absolute Gasteiger partial charge is 0.450 e. The fourth-order valence-electron chi connectivity index (χ4n) is 2.99. The molecule has 0 radical (unpaired) electrons. The standard InChI is InChI=1S/C24H23F2N3O5/c1-14-8-9-19(18(26)10-14)28-20-11-15(25)12-21(22(20)29(31)32)33-17-7-5-6-16(13-17)27-23(30)34-24(2,3)4/h5-13,28H,1-4H3,(H,27,30). The van der Waals surface area contributed by atoms with Crippen molar-refractivity contribution in [2.45, 2.75) is 33.3 Å². The Morgan fingerprint density at radius 2 is 1.76 bits per heavy atom. The van der Waals surface area contributed by atoms with Crippen LogP contribution in [0.5, 0.6) is 11.5 Å². The minimum absolute atomic E-state index is 0.0613. The summed E-state index contributed by atoms with van der Waals surface area (Å²) in [6, 6.07) is 11.9. The van der Waals surface area contributed by atoms with E-state index in [1.54, 1.807) is 39.8 Å². The normalized spacial score (nSPS) is 11.0. The molecule has 1 amide bonds. The maximum Gasteiger partial charge on any atom is 0.412 e. The Morgan fingerprint density at radius 3 is 2.41 bits per heavy atom. The molecule has 0 spiro atoms. The lowest BCUT2D eigenvalue weighted by Crippen LogP contribution is -2.27. The van der Waals surface area contributed by atoms with Crippen LogP contribution in [0, 0.1) is 28.7 Å². The Bertz CT molecular complexity index is 1240. The molecule has 0 bridgehead atoms. The minimum atomic E-state index is -0.835. The van der Waals surface area contributed by atoms with Gasteiger partial charge in [-0.25, -0.2) is 13.6 Å². The van der Waals surface area contributed by atoms with E-state index in [4.69, 9.17) is 9.47 Å². The van der Waals surface area contributed by atoms with Crippen molar-refractivity contribution < 1.29 is 28.0 Å². The average Bonchev–Trinajstić information content (AvgIpc) is 2.68. The molecule has 0 aliphatic carbocycles. The summed E-state index contributed by atoms with van der Waals surface area (Å²) in [5.41, 5.74) is -0.696. The zero-order chi connectivity index (χ0) is 25.0. The Balaban J connectivity index is 1.91. The minimum Gasteiger partial charge on any atom is -0.450 e. The van der Waals surface area contributed by atoms with Crippen LogP contribution in [0.25, 0.3) is 0 Å². The van der Waals surface area contributed by atoms with Gasteiger partial charge in [0.15, 0.2) is 0 Å². The fourth-order valence-corrected chi connectivity index (χ4v) is 2.99. The van der Waals surface area contributed by atoms with E-state index in [2.05, 4.69) is 10.6 Å². The number of nitrogens with zero attached hydrogens (tertiary/aromatic N) is 1. The van der Waals surface area contributed by atoms with Crippen LogP contribution in [-0.2, 0) is 4.74 Å². The number of aryl methyl sites for hydroxylation is 1. The van der Waals surface area contributed by atoms with Crippen molar-refractivity contribution in [2.24, 2.45) is 0 Å². The van der Waals surface area contributed by atoms with Crippen LogP contribution in [0.1, 0.15) is 26.3 Å². The Kier molecular flexibility index (Phi) is 7.00. The third-order valence-electron chi connectivity index (χ3n) is 4.32. The first-order valence-corrected chi connectivity index (χ1v) is 10.2. The summed E-state index contributed by atoms with van der Waals surface area (Å²) >= 11 is 0. The van der Waals surface area contributed by atoms with Crippen LogP contribution in [0.2, 0.25) is 0 Å². The number of nitro benzene ring substituents is 1. The molecular formula is C24H23F2N3O5. The number of benzene rings is 3. The first-order chi connectivity index (χ1) is 15.9. The number of halogens is 2. The monoisotopic (exact) mass is 471 g/mol. The van der Waals surface area contributed by atoms with Gasteiger partial charge in [0.05, 0.1) is 10.6 Å². The summed E-state index contributed by atoms with van der Waals surface area (Å²) in [6.07, 6.45) is -0.701. The van der Waals surface area contributed by atoms with Crippen molar-refractivity contribution in [1.82, 2.24) is 0 Å². The molecule has 0 heterocycles. The Morgan fingerprint density at radius 1 is 1.03 bits per heavy atom. The molecule has 34 heavy (non-hydrogen) atoms. The molecule has 0 unspecified atom stereocenters. The highest BCUT2D eigenvalue weighted by Gasteiger charge is 2.25. The molecule has 8 nitrogen and oxygen atoms in total. The maximum atomic E-state index is 14.3. The van der Waals surface area contributed by atoms with E-state index in [1.165, 1.54) is 30.3 Å². The summed E-state index contributed by atoms with van der Waals surface area (Å²) in [5, 5.41) is 16.9. The van der Waals surface area contributed by atoms with E-state index < -0.39 is 39.7 Å². The molecule has 10 heteroatoms. The number of nitrogens with one attached hydrogen (secondary N) is 2. The van der Waals surface area contributed by atoms with Gasteiger partial charge in [-0.15, -0.1) is 0 Å². The Hall–Kier alpha value is -4.21. The second-order valence-corrected chi connectivity index (χ2v) is 8.42. The second-order valence-electron chi connectivity index (χ2n) is 8.42. The number of rotatable bonds is 6. The van der Waals surface area contributed by atoms with Crippen LogP contribution in [0.15, 0.2) is 54.6 Å². The average molecular weight is 471 g/mol. The van der Waals surface area contributed by atoms with Gasteiger partial charge in [0, 0.05) is 23.9 Å². The van der Waals surface area contributed by atoms with Gasteiger partial charge >= 0.3 is 11.8 Å². The molecule has 178 valence electrons. The van der Waals surface area contributed by atoms with E-state index in [9.17, 15) is 23.7 Å². The number of hydrogen-bond acceptors (Lipinski definition) is 6. The van der Waals surface area contributed by atoms with Gasteiger partial charge in [-0.2, -0.15) is 0 Å². The zero-order valence-corrected chi connectivity index (χ0v) is 18.9. The second kappa shape index (κ2) is 9.74. The van der Waals surface area contributed by atoms with Crippen LogP contribution in [0.4, 0.5) is 36.3 Å². The quantitative estimate of drug-likeness (QED) is 0.295. The third-order valence-corrected chi connectivity index (χ3v) is 4.32. The van der Waals surface area contributed by atoms with Crippen molar-refractivity contribution in [2.75, 3.05) is 10.6 Å². The molecule has 3 aromatic rings. The van der Waals surface area contributed by atoms with E-state index >= 15 is 0 Å². The molecule has 0 aliphatic rings. The molecule has 3 aromatic carbocycles. The smallest absolute Gasteiger partial charge is 0.412 e. The van der Waals surface area contributed by atoms with Crippen LogP contribution in [-0.4, -0.2) is 16.6 Å². The van der Waals surface area contributed by atoms with Gasteiger partial charge in [-0.3, -0.25) is 15.4 Å². The summed E-state index contributed by atoms with van der Waals surface area (Å²) in [5.74, 6) is -1.80. The Labute approximate surface area is 194 Å². The lowest BCUT2D eigenvalue weighted by atomic mass is 10.2. The summed E-state index contributed by atoms with van der Waals surface area (Å²) in [4.78, 5) is 23.1. The summed E-state index contributed by atoms with van der Waals surface area (Å²) in [7, 11) is 0. The number of amides is 1. The predicted molar refractivity (Wildman–Crippen MR) is 124 cm³/mol. The zero-order valence-electron chi connectivity index (χ0n) is 18.9. The highest BCUT2D eigenvalue weighted by atomic mass is 19.1. The first-order valence-electron chi connectivity index (χ1n) is 10.2. The molecular weight excluding hydrogens is 448 g/mol. The van der Waals surface area contributed by atoms with Crippen molar-refractivity contribution in [1.29, 1.82) is 0 Å². The van der Waals surface area contributed by atoms with Gasteiger partial charge < -0.3 is 14.8 Å². The van der Waals surface area contributed by atoms with Crippen LogP contribution in [0.3, 0.4) is 0 Å². The molecule has 0 aliphatic heterocycles. The number of carbonyl (C=O) groups is 1. The van der Waals surface area contributed by atoms with E-state index in [-0.39, 0.29) is 17.1 Å². The molecule has 0 saturated heterocycles. The first kappa shape index (κ1) is 24.4. The number of hydrogen-bond donors (Lipinski definition) is 2. The van der Waals surface area contributed by atoms with Crippen molar-refractivity contribution in [3.8, 4) is 11.5 Å². The van der Waals surface area contributed by atoms with Crippen LogP contribution >= 0.6 is 0 Å². The number of carbonyl (C=O) groups excluding carboxylic acids is 1. The maximum absolute atomic E-state index is 14.3. The van der Waals surface area contributed by atoms with Crippen LogP contribution < -0.4 is 15.4 Å². The molecule has 0 atom stereocenters. The van der Waals surface area contributed by atoms with Gasteiger partial charge in [0.25, 0.3) is 0 Å². The fraction of sp³-hybridized carbons (Fsp3) is 0.208. The van der Waals surface area contributed by atoms with E-state index in [0.29, 0.717) is 11.3 Å². The topological polar surface area (TPSA) is 103 Å². The summed E-state index contributed by atoms with van der Waals surface area (Å²) in [6.45, 7) is 6.82. The molecule has 0 saturated carbocycles. The molecule has 3 rings (SSSR count). The lowest BCUT2D eigenvalue weighted by molar-refractivity contribution is -0.384. The number of ether oxygens (including phenoxy) is 2. The van der Waals surface area contributed by atoms with Crippen molar-refractivity contribution in [3.63, 3.8) is 0 Å². The third kappa shape index (κ3) is 6.41. The molecule has 0 fully saturated rings. The van der Waals surface area contributed by atoms with Crippen molar-refractivity contribution >= 4 is 28.8 Å². The van der Waals surface area contributed by atoms with Gasteiger partial charge in [0.2, 0.25) is 5.75 Å². The SMILES string of the molecule is Cc1ccc(Nc2cc(F)cc(Oc3cccc(NC(=O)OC(C)(C)C)c3)c2[N+](=O)[O-])c(F)c1. The summed E-state index contributed by atoms with van der Waals surface area (Å²) < 4.78 is 39.4. The van der Waals surface area contributed by atoms with Gasteiger partial charge in [-0.1, -0.05) is 12.1 Å². The highest BCUT2D eigenvalue weighted by Crippen LogP contribution is 2.40. The van der Waals surface area contributed by atoms with E-state index in [0.717, 1.165) is 12.1 Å². The highest BCUT2D eigenvalue weighted by molar-refractivity contribution is 5.85. The number of nitro groups is 1. The predicted octanol–water partition coefficient (Wildman–Crippen LogP) is 7.06. The molecule has 0 aromatic heterocycles. The van der Waals surface area contributed by atoms with Crippen molar-refractivity contribution in [3.05, 3.63) is 81.9 Å².